The van der Waals surface area contributed by atoms with Crippen LogP contribution in [0.4, 0.5) is 5.69 Å². The van der Waals surface area contributed by atoms with Crippen LogP contribution in [0.5, 0.6) is 0 Å². The van der Waals surface area contributed by atoms with Crippen LogP contribution in [0.2, 0.25) is 5.02 Å². The topological polar surface area (TPSA) is 69.2 Å². The van der Waals surface area contributed by atoms with Crippen molar-refractivity contribution < 1.29 is 4.92 Å². The minimum atomic E-state index is -0.446. The molecule has 0 aliphatic heterocycles. The van der Waals surface area contributed by atoms with Gasteiger partial charge in [0, 0.05) is 16.8 Å². The monoisotopic (exact) mass is 268 g/mol. The molecule has 0 unspecified atom stereocenters. The highest BCUT2D eigenvalue weighted by Crippen LogP contribution is 2.27. The molecule has 1 aromatic rings. The Morgan fingerprint density at radius 2 is 2.22 bits per heavy atom. The first-order chi connectivity index (χ1) is 8.56. The number of nitro groups is 1. The zero-order valence-electron chi connectivity index (χ0n) is 10.4. The number of allylic oxidation sites excluding steroid dienone is 1. The van der Waals surface area contributed by atoms with Crippen molar-refractivity contribution in [1.82, 2.24) is 0 Å². The van der Waals surface area contributed by atoms with E-state index in [1.54, 1.807) is 0 Å². The standard InChI is InChI=1S/C13H17ClN2O2/c1-2-3-4-5-6-12(15)11-9-10(14)7-8-13(11)16(17)18/h6-9H,2-5,15H2,1H3/b12-6-. The molecular weight excluding hydrogens is 252 g/mol. The van der Waals surface area contributed by atoms with E-state index < -0.39 is 4.92 Å². The van der Waals surface area contributed by atoms with Crippen molar-refractivity contribution in [3.63, 3.8) is 0 Å². The second kappa shape index (κ2) is 7.01. The summed E-state index contributed by atoms with van der Waals surface area (Å²) in [6.07, 6.45) is 5.94. The van der Waals surface area contributed by atoms with E-state index in [9.17, 15) is 10.1 Å². The van der Waals surface area contributed by atoms with E-state index >= 15 is 0 Å². The van der Waals surface area contributed by atoms with Crippen molar-refractivity contribution in [2.45, 2.75) is 32.6 Å². The summed E-state index contributed by atoms with van der Waals surface area (Å²) >= 11 is 5.84. The summed E-state index contributed by atoms with van der Waals surface area (Å²) in [5.41, 5.74) is 6.68. The zero-order chi connectivity index (χ0) is 13.5. The molecule has 1 aromatic carbocycles. The maximum Gasteiger partial charge on any atom is 0.278 e. The van der Waals surface area contributed by atoms with Gasteiger partial charge in [0.15, 0.2) is 0 Å². The normalized spacial score (nSPS) is 11.6. The van der Waals surface area contributed by atoms with Crippen LogP contribution < -0.4 is 5.73 Å². The number of hydrogen-bond acceptors (Lipinski definition) is 3. The quantitative estimate of drug-likeness (QED) is 0.479. The maximum atomic E-state index is 10.9. The Hall–Kier alpha value is -1.55. The Morgan fingerprint density at radius 3 is 2.83 bits per heavy atom. The lowest BCUT2D eigenvalue weighted by Crippen LogP contribution is -2.01. The Labute approximate surface area is 112 Å². The second-order valence-electron chi connectivity index (χ2n) is 4.07. The van der Waals surface area contributed by atoms with Gasteiger partial charge in [-0.05, 0) is 25.0 Å². The molecule has 0 amide bonds. The number of unbranched alkanes of at least 4 members (excludes halogenated alkanes) is 3. The molecule has 5 heteroatoms. The first-order valence-corrected chi connectivity index (χ1v) is 6.34. The Balaban J connectivity index is 2.92. The summed E-state index contributed by atoms with van der Waals surface area (Å²) in [6, 6.07) is 4.41. The molecule has 0 atom stereocenters. The minimum absolute atomic E-state index is 0.0105. The van der Waals surface area contributed by atoms with Gasteiger partial charge in [-0.1, -0.05) is 37.4 Å². The van der Waals surface area contributed by atoms with Gasteiger partial charge in [-0.2, -0.15) is 0 Å². The van der Waals surface area contributed by atoms with E-state index in [0.29, 0.717) is 16.3 Å². The molecule has 2 N–H and O–H groups in total. The number of rotatable bonds is 6. The number of nitro benzene ring substituents is 1. The lowest BCUT2D eigenvalue weighted by atomic mass is 10.1. The molecule has 0 saturated carbocycles. The molecule has 0 bridgehead atoms. The highest BCUT2D eigenvalue weighted by Gasteiger charge is 2.15. The van der Waals surface area contributed by atoms with E-state index in [0.717, 1.165) is 25.7 Å². The van der Waals surface area contributed by atoms with Crippen LogP contribution in [0.15, 0.2) is 24.3 Å². The van der Waals surface area contributed by atoms with Gasteiger partial charge < -0.3 is 5.73 Å². The molecule has 0 aliphatic carbocycles. The fourth-order valence-corrected chi connectivity index (χ4v) is 1.83. The highest BCUT2D eigenvalue weighted by atomic mass is 35.5. The first kappa shape index (κ1) is 14.5. The summed E-state index contributed by atoms with van der Waals surface area (Å²) in [7, 11) is 0. The third-order valence-electron chi connectivity index (χ3n) is 2.64. The molecule has 18 heavy (non-hydrogen) atoms. The molecule has 1 rings (SSSR count). The average Bonchev–Trinajstić information content (AvgIpc) is 2.34. The van der Waals surface area contributed by atoms with E-state index in [1.165, 1.54) is 18.2 Å². The van der Waals surface area contributed by atoms with Crippen LogP contribution in [-0.4, -0.2) is 4.92 Å². The van der Waals surface area contributed by atoms with Gasteiger partial charge in [0.05, 0.1) is 10.5 Å². The van der Waals surface area contributed by atoms with E-state index in [4.69, 9.17) is 17.3 Å². The summed E-state index contributed by atoms with van der Waals surface area (Å²) in [6.45, 7) is 2.12. The van der Waals surface area contributed by atoms with Crippen molar-refractivity contribution in [2.24, 2.45) is 5.73 Å². The van der Waals surface area contributed by atoms with E-state index in [-0.39, 0.29) is 5.69 Å². The second-order valence-corrected chi connectivity index (χ2v) is 4.51. The molecule has 0 heterocycles. The van der Waals surface area contributed by atoms with Crippen molar-refractivity contribution in [3.05, 3.63) is 45.0 Å². The number of nitrogens with zero attached hydrogens (tertiary/aromatic N) is 1. The van der Waals surface area contributed by atoms with Gasteiger partial charge in [-0.3, -0.25) is 10.1 Å². The number of hydrogen-bond donors (Lipinski definition) is 1. The van der Waals surface area contributed by atoms with Crippen molar-refractivity contribution in [2.75, 3.05) is 0 Å². The first-order valence-electron chi connectivity index (χ1n) is 5.96. The summed E-state index contributed by atoms with van der Waals surface area (Å²) in [4.78, 5) is 10.4. The Bertz CT molecular complexity index is 458. The van der Waals surface area contributed by atoms with E-state index in [1.807, 2.05) is 6.08 Å². The van der Waals surface area contributed by atoms with Crippen LogP contribution in [0.3, 0.4) is 0 Å². The molecule has 0 aromatic heterocycles. The molecule has 0 spiro atoms. The van der Waals surface area contributed by atoms with Crippen LogP contribution in [0.25, 0.3) is 5.70 Å². The van der Waals surface area contributed by atoms with Gasteiger partial charge in [-0.15, -0.1) is 0 Å². The smallest absolute Gasteiger partial charge is 0.278 e. The predicted molar refractivity (Wildman–Crippen MR) is 74.4 cm³/mol. The van der Waals surface area contributed by atoms with Gasteiger partial charge in [0.2, 0.25) is 0 Å². The molecule has 0 fully saturated rings. The predicted octanol–water partition coefficient (Wildman–Crippen LogP) is 4.13. The molecular formula is C13H17ClN2O2. The van der Waals surface area contributed by atoms with Crippen LogP contribution in [-0.2, 0) is 0 Å². The van der Waals surface area contributed by atoms with Crippen LogP contribution in [0, 0.1) is 10.1 Å². The summed E-state index contributed by atoms with van der Waals surface area (Å²) < 4.78 is 0. The van der Waals surface area contributed by atoms with Crippen molar-refractivity contribution in [1.29, 1.82) is 0 Å². The molecule has 4 nitrogen and oxygen atoms in total. The molecule has 0 saturated heterocycles. The van der Waals surface area contributed by atoms with Crippen molar-refractivity contribution >= 4 is 23.0 Å². The third kappa shape index (κ3) is 4.04. The number of nitrogens with two attached hydrogens (primary N) is 1. The summed E-state index contributed by atoms with van der Waals surface area (Å²) in [5, 5.41) is 11.3. The SMILES string of the molecule is CCCCC/C=C(\N)c1cc(Cl)ccc1[N+](=O)[O-]. The number of benzene rings is 1. The van der Waals surface area contributed by atoms with Crippen molar-refractivity contribution in [3.8, 4) is 0 Å². The molecule has 0 aliphatic rings. The van der Waals surface area contributed by atoms with Gasteiger partial charge in [-0.25, -0.2) is 0 Å². The average molecular weight is 269 g/mol. The largest absolute Gasteiger partial charge is 0.398 e. The molecule has 0 radical (unpaired) electrons. The highest BCUT2D eigenvalue weighted by molar-refractivity contribution is 6.30. The zero-order valence-corrected chi connectivity index (χ0v) is 11.1. The Morgan fingerprint density at radius 1 is 1.50 bits per heavy atom. The lowest BCUT2D eigenvalue weighted by molar-refractivity contribution is -0.385. The minimum Gasteiger partial charge on any atom is -0.398 e. The van der Waals surface area contributed by atoms with Crippen LogP contribution >= 0.6 is 11.6 Å². The van der Waals surface area contributed by atoms with Gasteiger partial charge >= 0.3 is 0 Å². The lowest BCUT2D eigenvalue weighted by Gasteiger charge is -2.04. The van der Waals surface area contributed by atoms with E-state index in [2.05, 4.69) is 6.92 Å². The van der Waals surface area contributed by atoms with Crippen LogP contribution in [0.1, 0.15) is 38.2 Å². The maximum absolute atomic E-state index is 10.9. The van der Waals surface area contributed by atoms with Gasteiger partial charge in [0.1, 0.15) is 0 Å². The fourth-order valence-electron chi connectivity index (χ4n) is 1.66. The van der Waals surface area contributed by atoms with Gasteiger partial charge in [0.25, 0.3) is 5.69 Å². The Kier molecular flexibility index (Phi) is 5.65. The fraction of sp³-hybridized carbons (Fsp3) is 0.385. The summed E-state index contributed by atoms with van der Waals surface area (Å²) in [5.74, 6) is 0. The number of halogens is 1. The third-order valence-corrected chi connectivity index (χ3v) is 2.87. The molecule has 98 valence electrons.